The predicted molar refractivity (Wildman–Crippen MR) is 89.3 cm³/mol. The fourth-order valence-electron chi connectivity index (χ4n) is 2.51. The average Bonchev–Trinajstić information content (AvgIpc) is 2.42. The molecule has 0 heterocycles. The summed E-state index contributed by atoms with van der Waals surface area (Å²) in [6.07, 6.45) is 0.897. The summed E-state index contributed by atoms with van der Waals surface area (Å²) in [4.78, 5) is 0. The van der Waals surface area contributed by atoms with Gasteiger partial charge in [-0.05, 0) is 81.0 Å². The van der Waals surface area contributed by atoms with Crippen molar-refractivity contribution in [2.45, 2.75) is 47.1 Å². The quantitative estimate of drug-likeness (QED) is 0.889. The van der Waals surface area contributed by atoms with E-state index in [0.717, 1.165) is 23.5 Å². The fourth-order valence-corrected chi connectivity index (χ4v) is 2.51. The van der Waals surface area contributed by atoms with Gasteiger partial charge in [-0.1, -0.05) is 18.2 Å². The number of hydrogen-bond donors (Lipinski definition) is 1. The molecule has 0 saturated heterocycles. The Bertz CT molecular complexity index is 644. The normalized spacial score (nSPS) is 12.3. The molecule has 2 heteroatoms. The van der Waals surface area contributed by atoms with E-state index >= 15 is 0 Å². The van der Waals surface area contributed by atoms with Gasteiger partial charge in [0.15, 0.2) is 0 Å². The van der Waals surface area contributed by atoms with Gasteiger partial charge < -0.3 is 10.5 Å². The zero-order valence-corrected chi connectivity index (χ0v) is 13.7. The van der Waals surface area contributed by atoms with Gasteiger partial charge in [0.1, 0.15) is 11.5 Å². The smallest absolute Gasteiger partial charge is 0.133 e. The number of rotatable bonds is 4. The highest BCUT2D eigenvalue weighted by atomic mass is 16.5. The largest absolute Gasteiger partial charge is 0.457 e. The van der Waals surface area contributed by atoms with E-state index in [2.05, 4.69) is 52.0 Å². The van der Waals surface area contributed by atoms with E-state index in [1.807, 2.05) is 13.0 Å². The van der Waals surface area contributed by atoms with E-state index in [-0.39, 0.29) is 6.04 Å². The SMILES string of the molecule is Cc1cc(Oc2c(C)ccc(C)c2C)ccc1CC(C)N. The van der Waals surface area contributed by atoms with Crippen LogP contribution < -0.4 is 10.5 Å². The van der Waals surface area contributed by atoms with Crippen molar-refractivity contribution in [1.29, 1.82) is 0 Å². The first-order chi connectivity index (χ1) is 9.88. The number of aryl methyl sites for hydroxylation is 3. The molecule has 0 aliphatic heterocycles. The highest BCUT2D eigenvalue weighted by Crippen LogP contribution is 2.31. The van der Waals surface area contributed by atoms with Crippen molar-refractivity contribution in [3.05, 3.63) is 58.1 Å². The summed E-state index contributed by atoms with van der Waals surface area (Å²) in [6.45, 7) is 10.4. The topological polar surface area (TPSA) is 35.2 Å². The maximum absolute atomic E-state index is 6.13. The fraction of sp³-hybridized carbons (Fsp3) is 0.368. The molecule has 0 fully saturated rings. The highest BCUT2D eigenvalue weighted by molar-refractivity contribution is 5.47. The third-order valence-corrected chi connectivity index (χ3v) is 3.95. The van der Waals surface area contributed by atoms with Crippen molar-refractivity contribution in [3.63, 3.8) is 0 Å². The van der Waals surface area contributed by atoms with Crippen molar-refractivity contribution in [1.82, 2.24) is 0 Å². The minimum atomic E-state index is 0.178. The van der Waals surface area contributed by atoms with Crippen LogP contribution in [0.15, 0.2) is 30.3 Å². The van der Waals surface area contributed by atoms with Crippen molar-refractivity contribution >= 4 is 0 Å². The molecule has 0 spiro atoms. The lowest BCUT2D eigenvalue weighted by Crippen LogP contribution is -2.18. The Morgan fingerprint density at radius 2 is 1.62 bits per heavy atom. The van der Waals surface area contributed by atoms with Crippen LogP contribution in [0, 0.1) is 27.7 Å². The maximum Gasteiger partial charge on any atom is 0.133 e. The molecule has 1 atom stereocenters. The summed E-state index contributed by atoms with van der Waals surface area (Å²) in [5, 5.41) is 0. The van der Waals surface area contributed by atoms with Gasteiger partial charge in [0.05, 0.1) is 0 Å². The molecule has 2 aromatic carbocycles. The Labute approximate surface area is 127 Å². The van der Waals surface area contributed by atoms with Gasteiger partial charge in [0.25, 0.3) is 0 Å². The molecule has 21 heavy (non-hydrogen) atoms. The van der Waals surface area contributed by atoms with Gasteiger partial charge in [-0.3, -0.25) is 0 Å². The lowest BCUT2D eigenvalue weighted by Gasteiger charge is -2.15. The van der Waals surface area contributed by atoms with Crippen molar-refractivity contribution in [2.75, 3.05) is 0 Å². The molecular formula is C19H25NO. The van der Waals surface area contributed by atoms with E-state index in [0.29, 0.717) is 0 Å². The van der Waals surface area contributed by atoms with Crippen LogP contribution in [0.25, 0.3) is 0 Å². The standard InChI is InChI=1S/C19H25NO/c1-12-6-7-13(2)19(16(12)5)21-18-9-8-17(11-15(4)20)14(3)10-18/h6-10,15H,11,20H2,1-5H3. The third-order valence-electron chi connectivity index (χ3n) is 3.95. The predicted octanol–water partition coefficient (Wildman–Crippen LogP) is 4.60. The van der Waals surface area contributed by atoms with Crippen LogP contribution in [0.3, 0.4) is 0 Å². The first-order valence-electron chi connectivity index (χ1n) is 7.48. The maximum atomic E-state index is 6.13. The average molecular weight is 283 g/mol. The molecule has 0 bridgehead atoms. The van der Waals surface area contributed by atoms with E-state index in [1.54, 1.807) is 0 Å². The number of benzene rings is 2. The van der Waals surface area contributed by atoms with Gasteiger partial charge in [0.2, 0.25) is 0 Å². The van der Waals surface area contributed by atoms with Crippen LogP contribution in [-0.2, 0) is 6.42 Å². The second-order valence-corrected chi connectivity index (χ2v) is 6.03. The zero-order valence-electron chi connectivity index (χ0n) is 13.7. The Morgan fingerprint density at radius 1 is 0.952 bits per heavy atom. The van der Waals surface area contributed by atoms with Gasteiger partial charge >= 0.3 is 0 Å². The van der Waals surface area contributed by atoms with E-state index in [1.165, 1.54) is 22.3 Å². The van der Waals surface area contributed by atoms with E-state index in [9.17, 15) is 0 Å². The Hall–Kier alpha value is -1.80. The summed E-state index contributed by atoms with van der Waals surface area (Å²) >= 11 is 0. The molecule has 112 valence electrons. The van der Waals surface area contributed by atoms with Crippen LogP contribution in [-0.4, -0.2) is 6.04 Å². The minimum absolute atomic E-state index is 0.178. The van der Waals surface area contributed by atoms with Gasteiger partial charge in [-0.25, -0.2) is 0 Å². The van der Waals surface area contributed by atoms with Crippen LogP contribution in [0.5, 0.6) is 11.5 Å². The summed E-state index contributed by atoms with van der Waals surface area (Å²) in [7, 11) is 0. The molecule has 0 saturated carbocycles. The molecule has 0 amide bonds. The second kappa shape index (κ2) is 6.31. The molecule has 2 N–H and O–H groups in total. The first-order valence-corrected chi connectivity index (χ1v) is 7.48. The van der Waals surface area contributed by atoms with Gasteiger partial charge in [-0.2, -0.15) is 0 Å². The molecule has 0 radical (unpaired) electrons. The summed E-state index contributed by atoms with van der Waals surface area (Å²) < 4.78 is 6.13. The van der Waals surface area contributed by atoms with Crippen molar-refractivity contribution < 1.29 is 4.74 Å². The van der Waals surface area contributed by atoms with Crippen LogP contribution in [0.1, 0.15) is 34.7 Å². The highest BCUT2D eigenvalue weighted by Gasteiger charge is 2.09. The molecule has 2 nitrogen and oxygen atoms in total. The Kier molecular flexibility index (Phi) is 4.69. The number of nitrogens with two attached hydrogens (primary N) is 1. The van der Waals surface area contributed by atoms with Crippen molar-refractivity contribution in [2.24, 2.45) is 5.73 Å². The van der Waals surface area contributed by atoms with E-state index < -0.39 is 0 Å². The molecule has 1 unspecified atom stereocenters. The van der Waals surface area contributed by atoms with Crippen LogP contribution in [0.2, 0.25) is 0 Å². The zero-order chi connectivity index (χ0) is 15.6. The summed E-state index contributed by atoms with van der Waals surface area (Å²) in [5.41, 5.74) is 12.0. The van der Waals surface area contributed by atoms with E-state index in [4.69, 9.17) is 10.5 Å². The molecule has 2 rings (SSSR count). The summed E-state index contributed by atoms with van der Waals surface area (Å²) in [5.74, 6) is 1.85. The third kappa shape index (κ3) is 3.64. The summed E-state index contributed by atoms with van der Waals surface area (Å²) in [6, 6.07) is 10.7. The lowest BCUT2D eigenvalue weighted by molar-refractivity contribution is 0.474. The number of ether oxygens (including phenoxy) is 1. The minimum Gasteiger partial charge on any atom is -0.457 e. The Balaban J connectivity index is 2.29. The second-order valence-electron chi connectivity index (χ2n) is 6.03. The molecular weight excluding hydrogens is 258 g/mol. The Morgan fingerprint density at radius 3 is 2.24 bits per heavy atom. The molecule has 0 aromatic heterocycles. The van der Waals surface area contributed by atoms with Crippen LogP contribution >= 0.6 is 0 Å². The molecule has 2 aromatic rings. The monoisotopic (exact) mass is 283 g/mol. The van der Waals surface area contributed by atoms with Crippen molar-refractivity contribution in [3.8, 4) is 11.5 Å². The van der Waals surface area contributed by atoms with Crippen LogP contribution in [0.4, 0.5) is 0 Å². The molecule has 0 aliphatic rings. The number of hydrogen-bond acceptors (Lipinski definition) is 2. The first kappa shape index (κ1) is 15.6. The van der Waals surface area contributed by atoms with Gasteiger partial charge in [0, 0.05) is 6.04 Å². The molecule has 0 aliphatic carbocycles. The lowest BCUT2D eigenvalue weighted by atomic mass is 10.0. The van der Waals surface area contributed by atoms with Gasteiger partial charge in [-0.15, -0.1) is 0 Å².